The van der Waals surface area contributed by atoms with Crippen molar-refractivity contribution in [3.63, 3.8) is 0 Å². The van der Waals surface area contributed by atoms with E-state index >= 15 is 0 Å². The van der Waals surface area contributed by atoms with Crippen LogP contribution in [0.3, 0.4) is 0 Å². The summed E-state index contributed by atoms with van der Waals surface area (Å²) < 4.78 is 4.63. The van der Waals surface area contributed by atoms with Gasteiger partial charge in [-0.05, 0) is 64.3 Å². The summed E-state index contributed by atoms with van der Waals surface area (Å²) in [7, 11) is 2.30. The highest BCUT2D eigenvalue weighted by atomic mass is 15.3. The van der Waals surface area contributed by atoms with Crippen LogP contribution in [0.5, 0.6) is 0 Å². The van der Waals surface area contributed by atoms with Gasteiger partial charge in [0.05, 0.1) is 16.7 Å². The minimum absolute atomic E-state index is 0.491. The van der Waals surface area contributed by atoms with E-state index in [-0.39, 0.29) is 0 Å². The van der Waals surface area contributed by atoms with Gasteiger partial charge in [0.2, 0.25) is 0 Å². The molecular formula is C25H30N6. The van der Waals surface area contributed by atoms with Gasteiger partial charge in [-0.1, -0.05) is 30.3 Å². The number of fused-ring (bicyclic) bond motifs is 5. The van der Waals surface area contributed by atoms with E-state index in [1.807, 2.05) is 6.92 Å². The second-order valence-corrected chi connectivity index (χ2v) is 9.46. The van der Waals surface area contributed by atoms with Crippen molar-refractivity contribution in [2.24, 2.45) is 0 Å². The molecule has 2 aliphatic heterocycles. The summed E-state index contributed by atoms with van der Waals surface area (Å²) in [4.78, 5) is 2.59. The second-order valence-electron chi connectivity index (χ2n) is 9.46. The van der Waals surface area contributed by atoms with Gasteiger partial charge in [0.15, 0.2) is 5.65 Å². The molecule has 0 aliphatic carbocycles. The number of rotatable bonds is 4. The van der Waals surface area contributed by atoms with Crippen molar-refractivity contribution in [3.05, 3.63) is 59.5 Å². The first kappa shape index (κ1) is 18.9. The number of piperidine rings is 1. The van der Waals surface area contributed by atoms with Crippen LogP contribution in [0, 0.1) is 13.8 Å². The first-order valence-electron chi connectivity index (χ1n) is 11.5. The zero-order valence-electron chi connectivity index (χ0n) is 18.5. The van der Waals surface area contributed by atoms with E-state index in [1.165, 1.54) is 48.0 Å². The zero-order valence-corrected chi connectivity index (χ0v) is 18.5. The Hall–Kier alpha value is -2.86. The Kier molecular flexibility index (Phi) is 4.32. The van der Waals surface area contributed by atoms with Gasteiger partial charge in [-0.25, -0.2) is 0 Å². The summed E-state index contributed by atoms with van der Waals surface area (Å²) in [6, 6.07) is 17.2. The summed E-state index contributed by atoms with van der Waals surface area (Å²) >= 11 is 0. The largest absolute Gasteiger partial charge is 0.379 e. The van der Waals surface area contributed by atoms with Crippen molar-refractivity contribution >= 4 is 22.4 Å². The molecule has 160 valence electrons. The van der Waals surface area contributed by atoms with Crippen LogP contribution in [0.2, 0.25) is 0 Å². The quantitative estimate of drug-likeness (QED) is 0.538. The number of aromatic nitrogens is 4. The Morgan fingerprint density at radius 1 is 0.968 bits per heavy atom. The number of nitrogens with zero attached hydrogens (tertiary/aromatic N) is 5. The highest BCUT2D eigenvalue weighted by Gasteiger charge is 2.38. The van der Waals surface area contributed by atoms with E-state index in [4.69, 9.17) is 0 Å². The Balaban J connectivity index is 1.44. The fraction of sp³-hybridized carbons (Fsp3) is 0.440. The lowest BCUT2D eigenvalue weighted by molar-refractivity contribution is 0.169. The lowest BCUT2D eigenvalue weighted by Crippen LogP contribution is -2.44. The van der Waals surface area contributed by atoms with Gasteiger partial charge in [-0.2, -0.15) is 0 Å². The van der Waals surface area contributed by atoms with Crippen molar-refractivity contribution in [3.8, 4) is 0 Å². The van der Waals surface area contributed by atoms with Gasteiger partial charge in [-0.3, -0.25) is 4.40 Å². The molecule has 5 heterocycles. The molecule has 0 amide bonds. The number of hydrogen-bond donors (Lipinski definition) is 1. The van der Waals surface area contributed by atoms with Crippen LogP contribution < -0.4 is 5.32 Å². The zero-order chi connectivity index (χ0) is 21.1. The minimum atomic E-state index is 0.491. The third kappa shape index (κ3) is 3.04. The number of hydrogen-bond acceptors (Lipinski definition) is 4. The number of benzene rings is 1. The summed E-state index contributed by atoms with van der Waals surface area (Å²) in [5.74, 6) is 0.934. The summed E-state index contributed by atoms with van der Waals surface area (Å²) in [6.45, 7) is 5.10. The van der Waals surface area contributed by atoms with E-state index in [9.17, 15) is 0 Å². The Morgan fingerprint density at radius 2 is 1.71 bits per heavy atom. The average molecular weight is 415 g/mol. The highest BCUT2D eigenvalue weighted by Crippen LogP contribution is 2.36. The Bertz CT molecular complexity index is 1240. The molecule has 6 rings (SSSR count). The minimum Gasteiger partial charge on any atom is -0.379 e. The third-order valence-corrected chi connectivity index (χ3v) is 7.55. The standard InChI is InChI=1S/C25H30N6/c1-16-11-24-23(30(16)15-18-7-5-4-6-8-18)14-22(25-28-27-17(2)31(24)25)26-19-12-20-9-10-21(13-19)29(20)3/h4-8,11,14,19-21,26H,9-10,12-13,15H2,1-3H3/t19-,20-,21+. The number of pyridine rings is 1. The molecule has 0 radical (unpaired) electrons. The first-order chi connectivity index (χ1) is 15.1. The maximum absolute atomic E-state index is 4.56. The lowest BCUT2D eigenvalue weighted by Gasteiger charge is -2.37. The molecule has 0 unspecified atom stereocenters. The smallest absolute Gasteiger partial charge is 0.184 e. The Morgan fingerprint density at radius 3 is 2.45 bits per heavy atom. The van der Waals surface area contributed by atoms with Crippen molar-refractivity contribution in [1.29, 1.82) is 0 Å². The molecule has 2 bridgehead atoms. The van der Waals surface area contributed by atoms with Gasteiger partial charge in [0.25, 0.3) is 0 Å². The highest BCUT2D eigenvalue weighted by molar-refractivity contribution is 5.88. The van der Waals surface area contributed by atoms with E-state index in [0.29, 0.717) is 18.1 Å². The van der Waals surface area contributed by atoms with E-state index in [0.717, 1.165) is 23.7 Å². The predicted molar refractivity (Wildman–Crippen MR) is 125 cm³/mol. The maximum Gasteiger partial charge on any atom is 0.184 e. The van der Waals surface area contributed by atoms with Crippen molar-refractivity contribution in [2.45, 2.75) is 64.2 Å². The average Bonchev–Trinajstić information content (AvgIpc) is 3.35. The van der Waals surface area contributed by atoms with Gasteiger partial charge in [-0.15, -0.1) is 10.2 Å². The van der Waals surface area contributed by atoms with Crippen LogP contribution in [0.4, 0.5) is 5.69 Å². The molecule has 0 saturated carbocycles. The van der Waals surface area contributed by atoms with Crippen molar-refractivity contribution < 1.29 is 0 Å². The maximum atomic E-state index is 4.56. The Labute approximate surface area is 182 Å². The van der Waals surface area contributed by atoms with E-state index < -0.39 is 0 Å². The van der Waals surface area contributed by atoms with Crippen LogP contribution in [0.1, 0.15) is 42.8 Å². The number of aryl methyl sites for hydroxylation is 2. The summed E-state index contributed by atoms with van der Waals surface area (Å²) in [5.41, 5.74) is 7.02. The second kappa shape index (κ2) is 7.09. The topological polar surface area (TPSA) is 50.4 Å². The van der Waals surface area contributed by atoms with Gasteiger partial charge < -0.3 is 14.8 Å². The van der Waals surface area contributed by atoms with Crippen molar-refractivity contribution in [2.75, 3.05) is 12.4 Å². The van der Waals surface area contributed by atoms with Crippen LogP contribution in [0.15, 0.2) is 42.5 Å². The molecule has 1 N–H and O–H groups in total. The lowest BCUT2D eigenvalue weighted by atomic mass is 9.98. The number of anilines is 1. The molecule has 6 heteroatoms. The molecule has 3 aromatic heterocycles. The monoisotopic (exact) mass is 414 g/mol. The molecular weight excluding hydrogens is 384 g/mol. The molecule has 1 aromatic carbocycles. The molecule has 4 aromatic rings. The van der Waals surface area contributed by atoms with Crippen molar-refractivity contribution in [1.82, 2.24) is 24.1 Å². The van der Waals surface area contributed by atoms with Crippen LogP contribution in [0.25, 0.3) is 16.7 Å². The molecule has 0 spiro atoms. The normalized spacial score (nSPS) is 23.8. The van der Waals surface area contributed by atoms with Crippen LogP contribution in [-0.4, -0.2) is 49.2 Å². The predicted octanol–water partition coefficient (Wildman–Crippen LogP) is 4.39. The summed E-state index contributed by atoms with van der Waals surface area (Å²) in [6.07, 6.45) is 5.07. The van der Waals surface area contributed by atoms with Crippen LogP contribution >= 0.6 is 0 Å². The number of nitrogens with one attached hydrogen (secondary N) is 1. The fourth-order valence-electron chi connectivity index (χ4n) is 5.87. The molecule has 6 nitrogen and oxygen atoms in total. The van der Waals surface area contributed by atoms with Gasteiger partial charge >= 0.3 is 0 Å². The van der Waals surface area contributed by atoms with Gasteiger partial charge in [0.1, 0.15) is 5.82 Å². The third-order valence-electron chi connectivity index (χ3n) is 7.55. The molecule has 2 saturated heterocycles. The molecule has 31 heavy (non-hydrogen) atoms. The molecule has 2 fully saturated rings. The fourth-order valence-corrected chi connectivity index (χ4v) is 5.87. The van der Waals surface area contributed by atoms with E-state index in [2.05, 4.69) is 85.8 Å². The van der Waals surface area contributed by atoms with Crippen LogP contribution in [-0.2, 0) is 6.54 Å². The molecule has 2 aliphatic rings. The summed E-state index contributed by atoms with van der Waals surface area (Å²) in [5, 5.41) is 12.9. The SMILES string of the molecule is Cc1cc2c(cc(N[C@@H]3C[C@H]4CC[C@@H](C3)N4C)c3nnc(C)n32)n1Cc1ccccc1. The first-order valence-corrected chi connectivity index (χ1v) is 11.5. The molecule has 3 atom stereocenters. The van der Waals surface area contributed by atoms with E-state index in [1.54, 1.807) is 0 Å². The van der Waals surface area contributed by atoms with Gasteiger partial charge in [0, 0.05) is 30.4 Å².